The smallest absolute Gasteiger partial charge is 0.444 e. The lowest BCUT2D eigenvalue weighted by molar-refractivity contribution is -0.0529. The molecule has 12 heteroatoms. The van der Waals surface area contributed by atoms with Crippen LogP contribution in [0.15, 0.2) is 11.8 Å². The Balaban J connectivity index is 3.10. The summed E-state index contributed by atoms with van der Waals surface area (Å²) in [7, 11) is -8.03. The molecule has 0 aromatic carbocycles. The summed E-state index contributed by atoms with van der Waals surface area (Å²) >= 11 is 0. The Morgan fingerprint density at radius 3 is 2.13 bits per heavy atom. The van der Waals surface area contributed by atoms with E-state index in [0.29, 0.717) is 0 Å². The normalized spacial score (nSPS) is 19.4. The second kappa shape index (κ2) is 8.70. The third-order valence-corrected chi connectivity index (χ3v) is 10.5. The van der Waals surface area contributed by atoms with Crippen LogP contribution in [0.1, 0.15) is 48.0 Å². The first-order valence-electron chi connectivity index (χ1n) is 9.50. The summed E-state index contributed by atoms with van der Waals surface area (Å²) in [6, 6.07) is -0.739. The molecule has 1 heterocycles. The van der Waals surface area contributed by atoms with Crippen molar-refractivity contribution in [3.05, 3.63) is 11.8 Å². The third-order valence-electron chi connectivity index (χ3n) is 4.96. The van der Waals surface area contributed by atoms with E-state index in [-0.39, 0.29) is 30.4 Å². The fourth-order valence-electron chi connectivity index (χ4n) is 2.25. The quantitative estimate of drug-likeness (QED) is 0.324. The standard InChI is InChI=1S/C18H32F3NO6SSi/c1-16(2,3)27-15(23)22-10-9-14(28-29(24,25)18(19,20)21)11-13(22)12-26-30(7,8)17(4,5)6/h9,13H,10-12H2,1-8H3/t13-/m0/s1. The van der Waals surface area contributed by atoms with Gasteiger partial charge in [-0.25, -0.2) is 4.79 Å². The Morgan fingerprint density at radius 1 is 1.17 bits per heavy atom. The minimum atomic E-state index is -5.79. The van der Waals surface area contributed by atoms with Crippen molar-refractivity contribution in [1.82, 2.24) is 4.90 Å². The van der Waals surface area contributed by atoms with Gasteiger partial charge in [-0.1, -0.05) is 20.8 Å². The second-order valence-electron chi connectivity index (χ2n) is 9.72. The number of nitrogens with zero attached hydrogens (tertiary/aromatic N) is 1. The first-order valence-corrected chi connectivity index (χ1v) is 13.8. The van der Waals surface area contributed by atoms with Crippen LogP contribution in [0.25, 0.3) is 0 Å². The minimum Gasteiger partial charge on any atom is -0.444 e. The summed E-state index contributed by atoms with van der Waals surface area (Å²) in [4.78, 5) is 13.9. The maximum Gasteiger partial charge on any atom is 0.534 e. The van der Waals surface area contributed by atoms with Crippen molar-refractivity contribution in [1.29, 1.82) is 0 Å². The highest BCUT2D eigenvalue weighted by molar-refractivity contribution is 7.87. The molecule has 176 valence electrons. The van der Waals surface area contributed by atoms with E-state index < -0.39 is 41.7 Å². The van der Waals surface area contributed by atoms with Gasteiger partial charge in [0, 0.05) is 13.0 Å². The Bertz CT molecular complexity index is 766. The maximum atomic E-state index is 12.7. The Hall–Kier alpha value is -1.27. The van der Waals surface area contributed by atoms with Crippen molar-refractivity contribution in [2.45, 2.75) is 83.2 Å². The molecule has 0 N–H and O–H groups in total. The van der Waals surface area contributed by atoms with Crippen LogP contribution < -0.4 is 0 Å². The fraction of sp³-hybridized carbons (Fsp3) is 0.833. The molecular formula is C18H32F3NO6SSi. The van der Waals surface area contributed by atoms with Crippen molar-refractivity contribution in [2.75, 3.05) is 13.2 Å². The molecule has 1 atom stereocenters. The number of amides is 1. The van der Waals surface area contributed by atoms with Gasteiger partial charge in [-0.05, 0) is 45.0 Å². The fourth-order valence-corrected chi connectivity index (χ4v) is 3.80. The molecule has 0 saturated heterocycles. The Kier molecular flexibility index (Phi) is 7.76. The average molecular weight is 476 g/mol. The van der Waals surface area contributed by atoms with E-state index >= 15 is 0 Å². The van der Waals surface area contributed by atoms with Crippen LogP contribution in [0.5, 0.6) is 0 Å². The van der Waals surface area contributed by atoms with Crippen LogP contribution >= 0.6 is 0 Å². The third kappa shape index (κ3) is 7.15. The molecule has 1 rings (SSSR count). The molecule has 30 heavy (non-hydrogen) atoms. The van der Waals surface area contributed by atoms with Crippen molar-refractivity contribution < 1.29 is 39.7 Å². The summed E-state index contributed by atoms with van der Waals surface area (Å²) in [6.07, 6.45) is 0.222. The van der Waals surface area contributed by atoms with Crippen molar-refractivity contribution in [3.8, 4) is 0 Å². The van der Waals surface area contributed by atoms with Crippen LogP contribution in [0.3, 0.4) is 0 Å². The number of rotatable bonds is 5. The van der Waals surface area contributed by atoms with E-state index in [9.17, 15) is 26.4 Å². The molecule has 0 fully saturated rings. The highest BCUT2D eigenvalue weighted by atomic mass is 32.2. The van der Waals surface area contributed by atoms with Crippen LogP contribution in [-0.4, -0.2) is 58.0 Å². The van der Waals surface area contributed by atoms with Gasteiger partial charge in [-0.3, -0.25) is 4.90 Å². The molecule has 1 aliphatic rings. The molecule has 0 bridgehead atoms. The zero-order chi connectivity index (χ0) is 23.8. The summed E-state index contributed by atoms with van der Waals surface area (Å²) in [5.74, 6) is -0.379. The molecule has 0 spiro atoms. The number of halogens is 3. The predicted molar refractivity (Wildman–Crippen MR) is 109 cm³/mol. The van der Waals surface area contributed by atoms with Gasteiger partial charge in [0.2, 0.25) is 0 Å². The van der Waals surface area contributed by atoms with Crippen LogP contribution in [-0.2, 0) is 23.5 Å². The van der Waals surface area contributed by atoms with Gasteiger partial charge in [0.1, 0.15) is 11.4 Å². The van der Waals surface area contributed by atoms with Crippen LogP contribution in [0.4, 0.5) is 18.0 Å². The first kappa shape index (κ1) is 26.8. The predicted octanol–water partition coefficient (Wildman–Crippen LogP) is 4.77. The summed E-state index contributed by atoms with van der Waals surface area (Å²) in [5, 5.41) is -0.132. The lowest BCUT2D eigenvalue weighted by Crippen LogP contribution is -2.51. The molecule has 0 aliphatic carbocycles. The molecule has 1 amide bonds. The molecule has 0 saturated carbocycles. The van der Waals surface area contributed by atoms with E-state index in [1.807, 2.05) is 33.9 Å². The van der Waals surface area contributed by atoms with Crippen molar-refractivity contribution in [2.24, 2.45) is 0 Å². The van der Waals surface area contributed by atoms with Crippen molar-refractivity contribution in [3.63, 3.8) is 0 Å². The monoisotopic (exact) mass is 475 g/mol. The molecule has 0 radical (unpaired) electrons. The highest BCUT2D eigenvalue weighted by Crippen LogP contribution is 2.37. The van der Waals surface area contributed by atoms with Gasteiger partial charge in [0.15, 0.2) is 8.32 Å². The van der Waals surface area contributed by atoms with Crippen LogP contribution in [0, 0.1) is 0 Å². The number of alkyl halides is 3. The molecule has 0 unspecified atom stereocenters. The average Bonchev–Trinajstić information content (AvgIpc) is 2.48. The van der Waals surface area contributed by atoms with Crippen molar-refractivity contribution >= 4 is 24.5 Å². The summed E-state index contributed by atoms with van der Waals surface area (Å²) in [6.45, 7) is 15.0. The van der Waals surface area contributed by atoms with Gasteiger partial charge < -0.3 is 13.3 Å². The van der Waals surface area contributed by atoms with E-state index in [1.54, 1.807) is 20.8 Å². The SMILES string of the molecule is CC(C)(C)OC(=O)N1CC=C(OS(=O)(=O)C(F)(F)F)C[C@H]1CO[Si](C)(C)C(C)(C)C. The maximum absolute atomic E-state index is 12.7. The number of hydrogen-bond acceptors (Lipinski definition) is 6. The lowest BCUT2D eigenvalue weighted by atomic mass is 10.1. The van der Waals surface area contributed by atoms with Gasteiger partial charge in [-0.2, -0.15) is 21.6 Å². The summed E-state index contributed by atoms with van der Waals surface area (Å²) in [5.41, 5.74) is -6.31. The van der Waals surface area contributed by atoms with Gasteiger partial charge in [-0.15, -0.1) is 0 Å². The summed E-state index contributed by atoms with van der Waals surface area (Å²) < 4.78 is 76.5. The lowest BCUT2D eigenvalue weighted by Gasteiger charge is -2.40. The molecular weight excluding hydrogens is 443 g/mol. The van der Waals surface area contributed by atoms with E-state index in [4.69, 9.17) is 9.16 Å². The second-order valence-corrected chi connectivity index (χ2v) is 16.1. The number of carbonyl (C=O) groups is 1. The van der Waals surface area contributed by atoms with E-state index in [1.165, 1.54) is 4.90 Å². The molecule has 0 aromatic heterocycles. The highest BCUT2D eigenvalue weighted by Gasteiger charge is 2.49. The molecule has 7 nitrogen and oxygen atoms in total. The Labute approximate surface area is 177 Å². The van der Waals surface area contributed by atoms with Gasteiger partial charge in [0.05, 0.1) is 12.6 Å². The van der Waals surface area contributed by atoms with E-state index in [2.05, 4.69) is 4.18 Å². The Morgan fingerprint density at radius 2 is 1.70 bits per heavy atom. The number of carbonyl (C=O) groups excluding carboxylic acids is 1. The minimum absolute atomic E-state index is 0.0164. The van der Waals surface area contributed by atoms with E-state index in [0.717, 1.165) is 6.08 Å². The molecule has 1 aliphatic heterocycles. The first-order chi connectivity index (χ1) is 13.2. The van der Waals surface area contributed by atoms with Gasteiger partial charge >= 0.3 is 21.7 Å². The molecule has 0 aromatic rings. The topological polar surface area (TPSA) is 82.1 Å². The van der Waals surface area contributed by atoms with Gasteiger partial charge in [0.25, 0.3) is 0 Å². The van der Waals surface area contributed by atoms with Crippen LogP contribution in [0.2, 0.25) is 18.1 Å². The number of ether oxygens (including phenoxy) is 1. The zero-order valence-corrected chi connectivity index (χ0v) is 20.5. The zero-order valence-electron chi connectivity index (χ0n) is 18.7. The number of hydrogen-bond donors (Lipinski definition) is 0. The largest absolute Gasteiger partial charge is 0.534 e.